The van der Waals surface area contributed by atoms with Crippen molar-refractivity contribution in [2.24, 2.45) is 17.8 Å². The first kappa shape index (κ1) is 10.1. The average Bonchev–Trinajstić information content (AvgIpc) is 2.42. The molecule has 0 aromatic carbocycles. The van der Waals surface area contributed by atoms with Crippen molar-refractivity contribution >= 4 is 11.7 Å². The van der Waals surface area contributed by atoms with E-state index < -0.39 is 0 Å². The van der Waals surface area contributed by atoms with Gasteiger partial charge in [-0.1, -0.05) is 19.9 Å². The Morgan fingerprint density at radius 1 is 1.27 bits per heavy atom. The van der Waals surface area contributed by atoms with Gasteiger partial charge in [0.1, 0.15) is 0 Å². The summed E-state index contributed by atoms with van der Waals surface area (Å²) in [7, 11) is 0. The summed E-state index contributed by atoms with van der Waals surface area (Å²) < 4.78 is 0. The van der Waals surface area contributed by atoms with Crippen molar-refractivity contribution < 1.29 is 9.59 Å². The second-order valence-electron chi connectivity index (χ2n) is 4.54. The molecule has 1 amide bonds. The van der Waals surface area contributed by atoms with Gasteiger partial charge in [-0.05, 0) is 24.5 Å². The molecular weight excluding hydrogens is 190 g/mol. The van der Waals surface area contributed by atoms with Crippen LogP contribution < -0.4 is 5.32 Å². The number of nitrogens with one attached hydrogen (secondary N) is 1. The van der Waals surface area contributed by atoms with Crippen LogP contribution in [0.1, 0.15) is 20.8 Å². The molecule has 2 rings (SSSR count). The molecule has 0 saturated carbocycles. The van der Waals surface area contributed by atoms with Crippen LogP contribution in [0.2, 0.25) is 0 Å². The van der Waals surface area contributed by atoms with E-state index in [2.05, 4.69) is 5.32 Å². The maximum absolute atomic E-state index is 11.7. The van der Waals surface area contributed by atoms with Crippen LogP contribution in [0.4, 0.5) is 0 Å². The van der Waals surface area contributed by atoms with Crippen molar-refractivity contribution in [3.05, 3.63) is 23.4 Å². The van der Waals surface area contributed by atoms with Crippen molar-refractivity contribution in [3.63, 3.8) is 0 Å². The molecule has 1 heterocycles. The number of carbonyl (C=O) groups is 2. The monoisotopic (exact) mass is 205 g/mol. The van der Waals surface area contributed by atoms with E-state index in [1.807, 2.05) is 20.8 Å². The van der Waals surface area contributed by atoms with Crippen molar-refractivity contribution in [1.82, 2.24) is 5.32 Å². The maximum atomic E-state index is 11.7. The fourth-order valence-electron chi connectivity index (χ4n) is 2.26. The molecule has 3 nitrogen and oxygen atoms in total. The Kier molecular flexibility index (Phi) is 2.25. The molecule has 15 heavy (non-hydrogen) atoms. The normalized spacial score (nSPS) is 29.9. The molecule has 1 N–H and O–H groups in total. The molecule has 2 aliphatic rings. The van der Waals surface area contributed by atoms with E-state index >= 15 is 0 Å². The van der Waals surface area contributed by atoms with Gasteiger partial charge >= 0.3 is 0 Å². The van der Waals surface area contributed by atoms with Crippen LogP contribution in [-0.2, 0) is 9.59 Å². The first-order valence-electron chi connectivity index (χ1n) is 5.29. The Hall–Kier alpha value is -1.38. The van der Waals surface area contributed by atoms with E-state index in [0.29, 0.717) is 0 Å². The van der Waals surface area contributed by atoms with Gasteiger partial charge in [0.05, 0.1) is 11.8 Å². The molecule has 0 fully saturated rings. The van der Waals surface area contributed by atoms with Gasteiger partial charge in [0.15, 0.2) is 5.78 Å². The minimum absolute atomic E-state index is 0.00463. The highest BCUT2D eigenvalue weighted by Crippen LogP contribution is 2.34. The van der Waals surface area contributed by atoms with Gasteiger partial charge in [-0.25, -0.2) is 0 Å². The fraction of sp³-hybridized carbons (Fsp3) is 0.500. The summed E-state index contributed by atoms with van der Waals surface area (Å²) in [5.74, 6) is 0.0331. The van der Waals surface area contributed by atoms with E-state index in [1.54, 1.807) is 12.2 Å². The van der Waals surface area contributed by atoms with Crippen molar-refractivity contribution in [2.75, 3.05) is 0 Å². The largest absolute Gasteiger partial charge is 0.328 e. The minimum Gasteiger partial charge on any atom is -0.328 e. The summed E-state index contributed by atoms with van der Waals surface area (Å²) in [5.41, 5.74) is 1.81. The lowest BCUT2D eigenvalue weighted by Gasteiger charge is -2.23. The van der Waals surface area contributed by atoms with Crippen LogP contribution in [0.5, 0.6) is 0 Å². The molecule has 0 saturated heterocycles. The number of ketones is 1. The Morgan fingerprint density at radius 2 is 1.93 bits per heavy atom. The van der Waals surface area contributed by atoms with E-state index in [1.165, 1.54) is 0 Å². The van der Waals surface area contributed by atoms with Crippen molar-refractivity contribution in [3.8, 4) is 0 Å². The van der Waals surface area contributed by atoms with Gasteiger partial charge in [-0.2, -0.15) is 0 Å². The Morgan fingerprint density at radius 3 is 2.53 bits per heavy atom. The zero-order valence-electron chi connectivity index (χ0n) is 9.20. The van der Waals surface area contributed by atoms with Crippen LogP contribution in [0, 0.1) is 17.8 Å². The number of hydrogen-bond donors (Lipinski definition) is 1. The van der Waals surface area contributed by atoms with Crippen LogP contribution >= 0.6 is 0 Å². The number of rotatable bonds is 1. The highest BCUT2D eigenvalue weighted by Gasteiger charge is 2.38. The first-order chi connectivity index (χ1) is 7.02. The predicted octanol–water partition coefficient (Wildman–Crippen LogP) is 1.42. The zero-order valence-corrected chi connectivity index (χ0v) is 9.20. The topological polar surface area (TPSA) is 46.2 Å². The summed E-state index contributed by atoms with van der Waals surface area (Å²) in [6.07, 6.45) is 3.37. The van der Waals surface area contributed by atoms with Crippen molar-refractivity contribution in [2.45, 2.75) is 20.8 Å². The molecular formula is C12H15NO2. The van der Waals surface area contributed by atoms with E-state index in [0.717, 1.165) is 11.3 Å². The lowest BCUT2D eigenvalue weighted by atomic mass is 9.82. The molecule has 1 aliphatic carbocycles. The molecule has 0 radical (unpaired) electrons. The lowest BCUT2D eigenvalue weighted by Crippen LogP contribution is -2.30. The van der Waals surface area contributed by atoms with Crippen molar-refractivity contribution in [1.29, 1.82) is 0 Å². The van der Waals surface area contributed by atoms with Gasteiger partial charge in [-0.3, -0.25) is 9.59 Å². The summed E-state index contributed by atoms with van der Waals surface area (Å²) in [4.78, 5) is 23.2. The zero-order chi connectivity index (χ0) is 11.2. The molecule has 0 aromatic heterocycles. The van der Waals surface area contributed by atoms with Crippen LogP contribution in [-0.4, -0.2) is 11.7 Å². The smallest absolute Gasteiger partial charge is 0.231 e. The summed E-state index contributed by atoms with van der Waals surface area (Å²) in [6.45, 7) is 5.87. The molecule has 0 spiro atoms. The number of allylic oxidation sites excluding steroid dienone is 3. The molecule has 0 aromatic rings. The van der Waals surface area contributed by atoms with Gasteiger partial charge in [-0.15, -0.1) is 0 Å². The summed E-state index contributed by atoms with van der Waals surface area (Å²) >= 11 is 0. The second kappa shape index (κ2) is 3.33. The third kappa shape index (κ3) is 1.42. The maximum Gasteiger partial charge on any atom is 0.231 e. The van der Waals surface area contributed by atoms with Gasteiger partial charge in [0, 0.05) is 5.70 Å². The molecule has 0 bridgehead atoms. The fourth-order valence-corrected chi connectivity index (χ4v) is 2.26. The second-order valence-corrected chi connectivity index (χ2v) is 4.54. The Labute approximate surface area is 89.2 Å². The SMILES string of the molecule is CC1C(=O)NC2=C1C=CC(=O)C2C(C)C. The predicted molar refractivity (Wildman–Crippen MR) is 56.8 cm³/mol. The quantitative estimate of drug-likeness (QED) is 0.703. The number of carbonyl (C=O) groups excluding carboxylic acids is 2. The highest BCUT2D eigenvalue weighted by molar-refractivity contribution is 6.00. The number of amides is 1. The summed E-state index contributed by atoms with van der Waals surface area (Å²) in [5, 5.41) is 2.84. The molecule has 80 valence electrons. The molecule has 2 atom stereocenters. The minimum atomic E-state index is -0.168. The van der Waals surface area contributed by atoms with Crippen LogP contribution in [0.3, 0.4) is 0 Å². The number of hydrogen-bond acceptors (Lipinski definition) is 2. The van der Waals surface area contributed by atoms with Crippen LogP contribution in [0.15, 0.2) is 23.4 Å². The van der Waals surface area contributed by atoms with E-state index in [4.69, 9.17) is 0 Å². The molecule has 1 aliphatic heterocycles. The molecule has 3 heteroatoms. The van der Waals surface area contributed by atoms with Gasteiger partial charge in [0.2, 0.25) is 5.91 Å². The molecule has 2 unspecified atom stereocenters. The Balaban J connectivity index is 2.43. The van der Waals surface area contributed by atoms with E-state index in [9.17, 15) is 9.59 Å². The average molecular weight is 205 g/mol. The summed E-state index contributed by atoms with van der Waals surface area (Å²) in [6, 6.07) is 0. The lowest BCUT2D eigenvalue weighted by molar-refractivity contribution is -0.121. The van der Waals surface area contributed by atoms with Gasteiger partial charge in [0.25, 0.3) is 0 Å². The van der Waals surface area contributed by atoms with Crippen LogP contribution in [0.25, 0.3) is 0 Å². The third-order valence-electron chi connectivity index (χ3n) is 3.14. The van der Waals surface area contributed by atoms with E-state index in [-0.39, 0.29) is 29.4 Å². The first-order valence-corrected chi connectivity index (χ1v) is 5.29. The van der Waals surface area contributed by atoms with Gasteiger partial charge < -0.3 is 5.32 Å². The highest BCUT2D eigenvalue weighted by atomic mass is 16.2. The standard InChI is InChI=1S/C12H15NO2/c1-6(2)10-9(14)5-4-8-7(3)12(15)13-11(8)10/h4-7,10H,1-3H3,(H,13,15). The Bertz CT molecular complexity index is 390. The third-order valence-corrected chi connectivity index (χ3v) is 3.14.